The van der Waals surface area contributed by atoms with Crippen molar-refractivity contribution in [1.82, 2.24) is 0 Å². The van der Waals surface area contributed by atoms with Crippen LogP contribution < -0.4 is 5.32 Å². The molecule has 0 unspecified atom stereocenters. The molecule has 0 saturated heterocycles. The summed E-state index contributed by atoms with van der Waals surface area (Å²) in [5, 5.41) is 14.5. The lowest BCUT2D eigenvalue weighted by molar-refractivity contribution is -0.0835. The molecule has 0 amide bonds. The minimum absolute atomic E-state index is 0.108. The summed E-state index contributed by atoms with van der Waals surface area (Å²) in [6.07, 6.45) is 7.74. The van der Waals surface area contributed by atoms with Crippen LogP contribution in [0.2, 0.25) is 0 Å². The highest BCUT2D eigenvalue weighted by molar-refractivity contribution is 5.44. The standard InChI is InChI=1S/C16H22FNO/c17-13-7-9-14(10-8-13)18-15-6-3-5-12-4-1-2-11-16(12,15)19/h7-10,12,15,18-19H,1-6,11H2/t12-,15-,16-/m1/s1. The first-order valence-corrected chi connectivity index (χ1v) is 7.43. The van der Waals surface area contributed by atoms with Crippen LogP contribution in [0.3, 0.4) is 0 Å². The molecule has 0 aliphatic heterocycles. The van der Waals surface area contributed by atoms with Gasteiger partial charge in [0.1, 0.15) is 5.82 Å². The fraction of sp³-hybridized carbons (Fsp3) is 0.625. The Morgan fingerprint density at radius 1 is 1.05 bits per heavy atom. The van der Waals surface area contributed by atoms with E-state index in [9.17, 15) is 9.50 Å². The molecule has 19 heavy (non-hydrogen) atoms. The van der Waals surface area contributed by atoms with E-state index in [1.165, 1.54) is 25.0 Å². The summed E-state index contributed by atoms with van der Waals surface area (Å²) in [6, 6.07) is 6.55. The second-order valence-electron chi connectivity index (χ2n) is 6.07. The fourth-order valence-electron chi connectivity index (χ4n) is 3.87. The molecule has 0 aromatic heterocycles. The van der Waals surface area contributed by atoms with Gasteiger partial charge in [0.15, 0.2) is 0 Å². The molecule has 0 bridgehead atoms. The smallest absolute Gasteiger partial charge is 0.123 e. The number of aliphatic hydroxyl groups is 1. The van der Waals surface area contributed by atoms with Crippen LogP contribution in [0.15, 0.2) is 24.3 Å². The zero-order valence-corrected chi connectivity index (χ0v) is 11.2. The number of hydrogen-bond acceptors (Lipinski definition) is 2. The average Bonchev–Trinajstić information content (AvgIpc) is 2.42. The van der Waals surface area contributed by atoms with Crippen LogP contribution in [0, 0.1) is 11.7 Å². The molecular formula is C16H22FNO. The number of hydrogen-bond donors (Lipinski definition) is 2. The van der Waals surface area contributed by atoms with E-state index >= 15 is 0 Å². The van der Waals surface area contributed by atoms with Crippen LogP contribution in [-0.2, 0) is 0 Å². The van der Waals surface area contributed by atoms with E-state index in [-0.39, 0.29) is 11.9 Å². The Hall–Kier alpha value is -1.09. The summed E-state index contributed by atoms with van der Waals surface area (Å²) < 4.78 is 12.9. The van der Waals surface area contributed by atoms with Crippen LogP contribution in [0.25, 0.3) is 0 Å². The van der Waals surface area contributed by atoms with Gasteiger partial charge in [0.2, 0.25) is 0 Å². The molecule has 0 spiro atoms. The summed E-state index contributed by atoms with van der Waals surface area (Å²) in [7, 11) is 0. The number of rotatable bonds is 2. The molecule has 0 heterocycles. The lowest BCUT2D eigenvalue weighted by atomic mass is 9.65. The number of nitrogens with one attached hydrogen (secondary N) is 1. The first-order chi connectivity index (χ1) is 9.18. The van der Waals surface area contributed by atoms with Gasteiger partial charge in [0.25, 0.3) is 0 Å². The van der Waals surface area contributed by atoms with Gasteiger partial charge < -0.3 is 10.4 Å². The van der Waals surface area contributed by atoms with Gasteiger partial charge in [0, 0.05) is 5.69 Å². The molecule has 2 N–H and O–H groups in total. The van der Waals surface area contributed by atoms with Crippen molar-refractivity contribution in [3.63, 3.8) is 0 Å². The van der Waals surface area contributed by atoms with Crippen LogP contribution in [0.4, 0.5) is 10.1 Å². The molecule has 104 valence electrons. The summed E-state index contributed by atoms with van der Waals surface area (Å²) >= 11 is 0. The van der Waals surface area contributed by atoms with Crippen LogP contribution in [0.1, 0.15) is 44.9 Å². The van der Waals surface area contributed by atoms with Gasteiger partial charge in [0.05, 0.1) is 11.6 Å². The Kier molecular flexibility index (Phi) is 3.48. The number of halogens is 1. The van der Waals surface area contributed by atoms with E-state index in [2.05, 4.69) is 5.32 Å². The molecular weight excluding hydrogens is 241 g/mol. The Balaban J connectivity index is 1.77. The van der Waals surface area contributed by atoms with E-state index < -0.39 is 5.60 Å². The predicted molar refractivity (Wildman–Crippen MR) is 74.6 cm³/mol. The normalized spacial score (nSPS) is 34.6. The Bertz CT molecular complexity index is 431. The van der Waals surface area contributed by atoms with Crippen LogP contribution >= 0.6 is 0 Å². The zero-order chi connectivity index (χ0) is 13.3. The Morgan fingerprint density at radius 2 is 1.79 bits per heavy atom. The topological polar surface area (TPSA) is 32.3 Å². The van der Waals surface area contributed by atoms with Crippen molar-refractivity contribution >= 4 is 5.69 Å². The van der Waals surface area contributed by atoms with Gasteiger partial charge >= 0.3 is 0 Å². The van der Waals surface area contributed by atoms with Crippen LogP contribution in [-0.4, -0.2) is 16.7 Å². The highest BCUT2D eigenvalue weighted by atomic mass is 19.1. The third-order valence-electron chi connectivity index (χ3n) is 4.92. The molecule has 0 radical (unpaired) electrons. The molecule has 2 saturated carbocycles. The highest BCUT2D eigenvalue weighted by Crippen LogP contribution is 2.44. The maximum atomic E-state index is 12.9. The molecule has 3 heteroatoms. The van der Waals surface area contributed by atoms with Crippen molar-refractivity contribution in [2.45, 2.75) is 56.6 Å². The van der Waals surface area contributed by atoms with Crippen molar-refractivity contribution in [3.05, 3.63) is 30.1 Å². The third-order valence-corrected chi connectivity index (χ3v) is 4.92. The minimum Gasteiger partial charge on any atom is -0.387 e. The SMILES string of the molecule is O[C@]12CCCC[C@@H]1CCC[C@H]2Nc1ccc(F)cc1. The molecule has 1 aromatic rings. The lowest BCUT2D eigenvalue weighted by Crippen LogP contribution is -2.56. The van der Waals surface area contributed by atoms with E-state index in [1.807, 2.05) is 0 Å². The van der Waals surface area contributed by atoms with Crippen LogP contribution in [0.5, 0.6) is 0 Å². The van der Waals surface area contributed by atoms with Crippen molar-refractivity contribution < 1.29 is 9.50 Å². The third kappa shape index (κ3) is 2.48. The second kappa shape index (κ2) is 5.12. The fourth-order valence-corrected chi connectivity index (χ4v) is 3.87. The summed E-state index contributed by atoms with van der Waals surface area (Å²) in [6.45, 7) is 0. The molecule has 2 aliphatic rings. The number of benzene rings is 1. The number of anilines is 1. The molecule has 2 aliphatic carbocycles. The average molecular weight is 263 g/mol. The first kappa shape index (κ1) is 12.9. The molecule has 2 nitrogen and oxygen atoms in total. The van der Waals surface area contributed by atoms with E-state index in [0.29, 0.717) is 5.92 Å². The summed E-state index contributed by atoms with van der Waals surface area (Å²) in [5.74, 6) is 0.219. The van der Waals surface area contributed by atoms with Crippen molar-refractivity contribution in [2.24, 2.45) is 5.92 Å². The van der Waals surface area contributed by atoms with E-state index in [1.54, 1.807) is 12.1 Å². The predicted octanol–water partition coefficient (Wildman–Crippen LogP) is 3.71. The monoisotopic (exact) mass is 263 g/mol. The summed E-state index contributed by atoms with van der Waals surface area (Å²) in [5.41, 5.74) is 0.344. The Labute approximate surface area is 114 Å². The van der Waals surface area contributed by atoms with Crippen molar-refractivity contribution in [3.8, 4) is 0 Å². The zero-order valence-electron chi connectivity index (χ0n) is 11.2. The highest BCUT2D eigenvalue weighted by Gasteiger charge is 2.47. The van der Waals surface area contributed by atoms with Gasteiger partial charge in [-0.3, -0.25) is 0 Å². The van der Waals surface area contributed by atoms with Gasteiger partial charge in [-0.05, 0) is 55.9 Å². The largest absolute Gasteiger partial charge is 0.387 e. The lowest BCUT2D eigenvalue weighted by Gasteiger charge is -2.49. The molecule has 1 aromatic carbocycles. The van der Waals surface area contributed by atoms with Gasteiger partial charge in [-0.1, -0.05) is 19.3 Å². The summed E-state index contributed by atoms with van der Waals surface area (Å²) in [4.78, 5) is 0. The minimum atomic E-state index is -0.565. The van der Waals surface area contributed by atoms with Crippen molar-refractivity contribution in [2.75, 3.05) is 5.32 Å². The maximum Gasteiger partial charge on any atom is 0.123 e. The molecule has 3 rings (SSSR count). The molecule has 2 fully saturated rings. The van der Waals surface area contributed by atoms with E-state index in [4.69, 9.17) is 0 Å². The second-order valence-corrected chi connectivity index (χ2v) is 6.07. The first-order valence-electron chi connectivity index (χ1n) is 7.43. The van der Waals surface area contributed by atoms with Gasteiger partial charge in [-0.25, -0.2) is 4.39 Å². The Morgan fingerprint density at radius 3 is 2.58 bits per heavy atom. The van der Waals surface area contributed by atoms with Gasteiger partial charge in [-0.15, -0.1) is 0 Å². The van der Waals surface area contributed by atoms with Gasteiger partial charge in [-0.2, -0.15) is 0 Å². The quantitative estimate of drug-likeness (QED) is 0.852. The van der Waals surface area contributed by atoms with Crippen molar-refractivity contribution in [1.29, 1.82) is 0 Å². The number of fused-ring (bicyclic) bond motifs is 1. The molecule has 3 atom stereocenters. The van der Waals surface area contributed by atoms with E-state index in [0.717, 1.165) is 37.8 Å². The maximum absolute atomic E-state index is 12.9.